The highest BCUT2D eigenvalue weighted by molar-refractivity contribution is 6.02. The second-order valence-corrected chi connectivity index (χ2v) is 6.31. The van der Waals surface area contributed by atoms with Crippen LogP contribution in [-0.2, 0) is 0 Å². The van der Waals surface area contributed by atoms with Gasteiger partial charge in [-0.05, 0) is 21.5 Å². The van der Waals surface area contributed by atoms with Gasteiger partial charge in [-0.25, -0.2) is 0 Å². The van der Waals surface area contributed by atoms with Gasteiger partial charge in [0, 0.05) is 23.5 Å². The van der Waals surface area contributed by atoms with Crippen molar-refractivity contribution >= 4 is 21.5 Å². The van der Waals surface area contributed by atoms with Crippen molar-refractivity contribution in [3.63, 3.8) is 0 Å². The molecule has 0 aliphatic carbocycles. The molecule has 0 saturated heterocycles. The fraction of sp³-hybridized carbons (Fsp3) is 0. The SMILES string of the molecule is c1ccc2c(-c3nccnc3-c3cccc4ccccc34)cccc2c1. The molecule has 0 aliphatic heterocycles. The van der Waals surface area contributed by atoms with E-state index in [1.54, 1.807) is 12.4 Å². The second-order valence-electron chi connectivity index (χ2n) is 6.31. The van der Waals surface area contributed by atoms with Gasteiger partial charge in [-0.15, -0.1) is 0 Å². The topological polar surface area (TPSA) is 25.8 Å². The Morgan fingerprint density at radius 2 is 0.846 bits per heavy atom. The van der Waals surface area contributed by atoms with Crippen molar-refractivity contribution in [3.05, 3.63) is 97.3 Å². The lowest BCUT2D eigenvalue weighted by molar-refractivity contribution is 1.21. The highest BCUT2D eigenvalue weighted by atomic mass is 14.8. The number of hydrogen-bond acceptors (Lipinski definition) is 2. The first-order chi connectivity index (χ1) is 12.9. The van der Waals surface area contributed by atoms with Gasteiger partial charge in [0.25, 0.3) is 0 Å². The lowest BCUT2D eigenvalue weighted by atomic mass is 9.96. The average molecular weight is 332 g/mol. The van der Waals surface area contributed by atoms with E-state index in [0.717, 1.165) is 22.5 Å². The Balaban J connectivity index is 1.83. The second kappa shape index (κ2) is 6.08. The molecular formula is C24H16N2. The molecule has 0 aliphatic rings. The summed E-state index contributed by atoms with van der Waals surface area (Å²) in [6.07, 6.45) is 3.54. The highest BCUT2D eigenvalue weighted by Gasteiger charge is 2.14. The first-order valence-corrected chi connectivity index (χ1v) is 8.69. The fourth-order valence-corrected chi connectivity index (χ4v) is 3.60. The van der Waals surface area contributed by atoms with Gasteiger partial charge in [-0.2, -0.15) is 0 Å². The molecule has 0 spiro atoms. The van der Waals surface area contributed by atoms with Crippen LogP contribution in [0, 0.1) is 0 Å². The zero-order chi connectivity index (χ0) is 17.3. The summed E-state index contributed by atoms with van der Waals surface area (Å²) in [7, 11) is 0. The summed E-state index contributed by atoms with van der Waals surface area (Å²) in [5, 5.41) is 4.80. The molecule has 26 heavy (non-hydrogen) atoms. The number of benzene rings is 4. The molecule has 2 heteroatoms. The number of rotatable bonds is 2. The summed E-state index contributed by atoms with van der Waals surface area (Å²) in [5.41, 5.74) is 4.06. The van der Waals surface area contributed by atoms with E-state index in [-0.39, 0.29) is 0 Å². The molecule has 0 atom stereocenters. The fourth-order valence-electron chi connectivity index (χ4n) is 3.60. The molecule has 4 aromatic carbocycles. The molecule has 5 aromatic rings. The minimum atomic E-state index is 0.917. The van der Waals surface area contributed by atoms with Gasteiger partial charge in [0.1, 0.15) is 0 Å². The van der Waals surface area contributed by atoms with Crippen molar-refractivity contribution in [1.82, 2.24) is 9.97 Å². The van der Waals surface area contributed by atoms with Gasteiger partial charge in [0.05, 0.1) is 11.4 Å². The predicted molar refractivity (Wildman–Crippen MR) is 108 cm³/mol. The minimum Gasteiger partial charge on any atom is -0.252 e. The lowest BCUT2D eigenvalue weighted by Gasteiger charge is -2.12. The van der Waals surface area contributed by atoms with Gasteiger partial charge in [0.2, 0.25) is 0 Å². The maximum Gasteiger partial charge on any atom is 0.0971 e. The molecule has 0 unspecified atom stereocenters. The molecule has 0 fully saturated rings. The summed E-state index contributed by atoms with van der Waals surface area (Å²) in [6, 6.07) is 29.5. The van der Waals surface area contributed by atoms with Crippen molar-refractivity contribution in [3.8, 4) is 22.5 Å². The zero-order valence-electron chi connectivity index (χ0n) is 14.1. The van der Waals surface area contributed by atoms with Crippen LogP contribution in [0.5, 0.6) is 0 Å². The smallest absolute Gasteiger partial charge is 0.0971 e. The van der Waals surface area contributed by atoms with Gasteiger partial charge in [-0.1, -0.05) is 84.9 Å². The summed E-state index contributed by atoms with van der Waals surface area (Å²) in [4.78, 5) is 9.44. The molecule has 0 saturated carbocycles. The number of hydrogen-bond donors (Lipinski definition) is 0. The molecule has 1 heterocycles. The zero-order valence-corrected chi connectivity index (χ0v) is 14.1. The Morgan fingerprint density at radius 1 is 0.423 bits per heavy atom. The molecule has 0 amide bonds. The molecule has 1 aromatic heterocycles. The Kier molecular flexibility index (Phi) is 3.46. The average Bonchev–Trinajstić information content (AvgIpc) is 2.73. The van der Waals surface area contributed by atoms with Gasteiger partial charge >= 0.3 is 0 Å². The van der Waals surface area contributed by atoms with Crippen LogP contribution in [0.15, 0.2) is 97.3 Å². The summed E-state index contributed by atoms with van der Waals surface area (Å²) in [5.74, 6) is 0. The van der Waals surface area contributed by atoms with Crippen LogP contribution in [0.4, 0.5) is 0 Å². The van der Waals surface area contributed by atoms with Crippen LogP contribution >= 0.6 is 0 Å². The standard InChI is InChI=1S/C24H16N2/c1-3-11-19-17(7-1)9-5-13-21(19)23-24(26-16-15-25-23)22-14-6-10-18-8-2-4-12-20(18)22/h1-16H. The van der Waals surface area contributed by atoms with Crippen LogP contribution in [0.2, 0.25) is 0 Å². The van der Waals surface area contributed by atoms with Gasteiger partial charge < -0.3 is 0 Å². The maximum atomic E-state index is 4.72. The molecular weight excluding hydrogens is 316 g/mol. The Bertz CT molecular complexity index is 1130. The van der Waals surface area contributed by atoms with E-state index < -0.39 is 0 Å². The Hall–Kier alpha value is -3.52. The van der Waals surface area contributed by atoms with E-state index in [9.17, 15) is 0 Å². The predicted octanol–water partition coefficient (Wildman–Crippen LogP) is 6.12. The number of nitrogens with zero attached hydrogens (tertiary/aromatic N) is 2. The number of aromatic nitrogens is 2. The van der Waals surface area contributed by atoms with Crippen LogP contribution in [-0.4, -0.2) is 9.97 Å². The van der Waals surface area contributed by atoms with Crippen molar-refractivity contribution in [2.45, 2.75) is 0 Å². The molecule has 5 rings (SSSR count). The number of fused-ring (bicyclic) bond motifs is 2. The molecule has 0 bridgehead atoms. The third kappa shape index (κ3) is 2.35. The van der Waals surface area contributed by atoms with Crippen LogP contribution < -0.4 is 0 Å². The van der Waals surface area contributed by atoms with E-state index in [1.165, 1.54) is 21.5 Å². The van der Waals surface area contributed by atoms with E-state index in [0.29, 0.717) is 0 Å². The molecule has 2 nitrogen and oxygen atoms in total. The van der Waals surface area contributed by atoms with E-state index in [4.69, 9.17) is 9.97 Å². The minimum absolute atomic E-state index is 0.917. The summed E-state index contributed by atoms with van der Waals surface area (Å²) in [6.45, 7) is 0. The van der Waals surface area contributed by atoms with Gasteiger partial charge in [-0.3, -0.25) is 9.97 Å². The molecule has 122 valence electrons. The van der Waals surface area contributed by atoms with E-state index >= 15 is 0 Å². The third-order valence-corrected chi connectivity index (χ3v) is 4.79. The summed E-state index contributed by atoms with van der Waals surface area (Å²) < 4.78 is 0. The highest BCUT2D eigenvalue weighted by Crippen LogP contribution is 2.36. The van der Waals surface area contributed by atoms with E-state index in [2.05, 4.69) is 84.9 Å². The Morgan fingerprint density at radius 3 is 1.35 bits per heavy atom. The van der Waals surface area contributed by atoms with Crippen molar-refractivity contribution in [2.75, 3.05) is 0 Å². The first kappa shape index (κ1) is 14.8. The maximum absolute atomic E-state index is 4.72. The lowest BCUT2D eigenvalue weighted by Crippen LogP contribution is -1.94. The van der Waals surface area contributed by atoms with Crippen molar-refractivity contribution in [2.24, 2.45) is 0 Å². The van der Waals surface area contributed by atoms with Gasteiger partial charge in [0.15, 0.2) is 0 Å². The van der Waals surface area contributed by atoms with Crippen LogP contribution in [0.1, 0.15) is 0 Å². The summed E-state index contributed by atoms with van der Waals surface area (Å²) >= 11 is 0. The normalized spacial score (nSPS) is 11.1. The van der Waals surface area contributed by atoms with Crippen LogP contribution in [0.25, 0.3) is 44.1 Å². The van der Waals surface area contributed by atoms with E-state index in [1.807, 2.05) is 0 Å². The van der Waals surface area contributed by atoms with Crippen molar-refractivity contribution < 1.29 is 0 Å². The first-order valence-electron chi connectivity index (χ1n) is 8.69. The third-order valence-electron chi connectivity index (χ3n) is 4.79. The largest absolute Gasteiger partial charge is 0.252 e. The monoisotopic (exact) mass is 332 g/mol. The quantitative estimate of drug-likeness (QED) is 0.389. The Labute approximate surface area is 151 Å². The molecule has 0 radical (unpaired) electrons. The molecule has 0 N–H and O–H groups in total. The van der Waals surface area contributed by atoms with Crippen LogP contribution in [0.3, 0.4) is 0 Å². The van der Waals surface area contributed by atoms with Crippen molar-refractivity contribution in [1.29, 1.82) is 0 Å².